The van der Waals surface area contributed by atoms with Crippen LogP contribution in [-0.2, 0) is 0 Å². The second-order valence-corrected chi connectivity index (χ2v) is 6.35. The number of hydrogen-bond acceptors (Lipinski definition) is 2. The van der Waals surface area contributed by atoms with Gasteiger partial charge in [0.15, 0.2) is 0 Å². The third-order valence-corrected chi connectivity index (χ3v) is 4.55. The quantitative estimate of drug-likeness (QED) is 0.693. The Hall–Kier alpha value is -0.660. The Kier molecular flexibility index (Phi) is 5.40. The van der Waals surface area contributed by atoms with Crippen LogP contribution in [0.3, 0.4) is 0 Å². The van der Waals surface area contributed by atoms with Crippen molar-refractivity contribution in [1.82, 2.24) is 5.32 Å². The molecule has 0 saturated carbocycles. The summed E-state index contributed by atoms with van der Waals surface area (Å²) in [5.41, 5.74) is 1.64. The molecule has 2 nitrogen and oxygen atoms in total. The van der Waals surface area contributed by atoms with Gasteiger partial charge in [0.2, 0.25) is 0 Å². The van der Waals surface area contributed by atoms with Crippen molar-refractivity contribution in [2.24, 2.45) is 0 Å². The largest absolute Gasteiger partial charge is 0.497 e. The van der Waals surface area contributed by atoms with E-state index < -0.39 is 0 Å². The summed E-state index contributed by atoms with van der Waals surface area (Å²) in [7, 11) is 3.35. The topological polar surface area (TPSA) is 21.3 Å². The SMILES string of the molecule is CNC(c1ccc(OC)cc1F)c1cc(Br)ccc1I. The molecule has 0 bridgehead atoms. The van der Waals surface area contributed by atoms with Crippen LogP contribution < -0.4 is 10.1 Å². The Morgan fingerprint density at radius 1 is 1.20 bits per heavy atom. The molecule has 0 amide bonds. The maximum Gasteiger partial charge on any atom is 0.132 e. The van der Waals surface area contributed by atoms with E-state index in [1.54, 1.807) is 12.1 Å². The summed E-state index contributed by atoms with van der Waals surface area (Å²) in [6.07, 6.45) is 0. The van der Waals surface area contributed by atoms with Gasteiger partial charge in [0.25, 0.3) is 0 Å². The second-order valence-electron chi connectivity index (χ2n) is 4.27. The number of halogens is 3. The van der Waals surface area contributed by atoms with Crippen LogP contribution in [0, 0.1) is 9.39 Å². The molecule has 2 aromatic carbocycles. The van der Waals surface area contributed by atoms with Gasteiger partial charge in [0.05, 0.1) is 13.2 Å². The first-order valence-electron chi connectivity index (χ1n) is 6.02. The molecule has 2 aromatic rings. The van der Waals surface area contributed by atoms with Crippen molar-refractivity contribution in [1.29, 1.82) is 0 Å². The van der Waals surface area contributed by atoms with Gasteiger partial charge in [-0.2, -0.15) is 0 Å². The summed E-state index contributed by atoms with van der Waals surface area (Å²) in [6.45, 7) is 0. The van der Waals surface area contributed by atoms with Gasteiger partial charge in [0, 0.05) is 19.7 Å². The maximum atomic E-state index is 14.3. The predicted octanol–water partition coefficient (Wildman–Crippen LogP) is 4.51. The molecule has 106 valence electrons. The van der Waals surface area contributed by atoms with Crippen LogP contribution in [0.1, 0.15) is 17.2 Å². The van der Waals surface area contributed by atoms with Crippen molar-refractivity contribution in [3.8, 4) is 5.75 Å². The van der Waals surface area contributed by atoms with E-state index in [1.165, 1.54) is 13.2 Å². The molecule has 0 fully saturated rings. The molecule has 1 unspecified atom stereocenters. The standard InChI is InChI=1S/C15H14BrFINO/c1-19-15(12-7-9(16)3-6-14(12)18)11-5-4-10(20-2)8-13(11)17/h3-8,15,19H,1-2H3. The number of benzene rings is 2. The molecule has 0 spiro atoms. The Bertz CT molecular complexity index is 621. The normalized spacial score (nSPS) is 12.2. The Morgan fingerprint density at radius 3 is 2.55 bits per heavy atom. The number of methoxy groups -OCH3 is 1. The van der Waals surface area contributed by atoms with Gasteiger partial charge in [-0.05, 0) is 59.5 Å². The van der Waals surface area contributed by atoms with Gasteiger partial charge in [-0.25, -0.2) is 4.39 Å². The Labute approximate surface area is 140 Å². The molecule has 0 heterocycles. The van der Waals surface area contributed by atoms with Crippen molar-refractivity contribution < 1.29 is 9.13 Å². The van der Waals surface area contributed by atoms with Gasteiger partial charge in [-0.3, -0.25) is 0 Å². The zero-order valence-electron chi connectivity index (χ0n) is 11.1. The average molecular weight is 450 g/mol. The van der Waals surface area contributed by atoms with Crippen LogP contribution in [-0.4, -0.2) is 14.2 Å². The molecule has 1 N–H and O–H groups in total. The van der Waals surface area contributed by atoms with Gasteiger partial charge in [-0.15, -0.1) is 0 Å². The lowest BCUT2D eigenvalue weighted by atomic mass is 9.98. The van der Waals surface area contributed by atoms with Gasteiger partial charge < -0.3 is 10.1 Å². The van der Waals surface area contributed by atoms with Crippen LogP contribution in [0.15, 0.2) is 40.9 Å². The third-order valence-electron chi connectivity index (χ3n) is 3.08. The molecule has 1 atom stereocenters. The molecule has 5 heteroatoms. The zero-order valence-corrected chi connectivity index (χ0v) is 14.8. The van der Waals surface area contributed by atoms with Crippen molar-refractivity contribution in [3.63, 3.8) is 0 Å². The van der Waals surface area contributed by atoms with Crippen LogP contribution in [0.4, 0.5) is 4.39 Å². The molecule has 2 rings (SSSR count). The first-order chi connectivity index (χ1) is 9.56. The molecular formula is C15H14BrFINO. The molecule has 0 aliphatic rings. The van der Waals surface area contributed by atoms with Crippen molar-refractivity contribution in [3.05, 3.63) is 61.4 Å². The minimum absolute atomic E-state index is 0.203. The smallest absolute Gasteiger partial charge is 0.132 e. The van der Waals surface area contributed by atoms with E-state index in [-0.39, 0.29) is 11.9 Å². The summed E-state index contributed by atoms with van der Waals surface area (Å²) < 4.78 is 21.4. The zero-order chi connectivity index (χ0) is 14.7. The number of rotatable bonds is 4. The van der Waals surface area contributed by atoms with Crippen LogP contribution in [0.5, 0.6) is 5.75 Å². The van der Waals surface area contributed by atoms with E-state index in [2.05, 4.69) is 43.8 Å². The van der Waals surface area contributed by atoms with Gasteiger partial charge >= 0.3 is 0 Å². The summed E-state index contributed by atoms with van der Waals surface area (Å²) in [5, 5.41) is 3.17. The number of hydrogen-bond donors (Lipinski definition) is 1. The van der Waals surface area contributed by atoms with E-state index in [4.69, 9.17) is 4.74 Å². The maximum absolute atomic E-state index is 14.3. The highest BCUT2D eigenvalue weighted by molar-refractivity contribution is 14.1. The monoisotopic (exact) mass is 449 g/mol. The average Bonchev–Trinajstić information content (AvgIpc) is 2.44. The highest BCUT2D eigenvalue weighted by atomic mass is 127. The highest BCUT2D eigenvalue weighted by Crippen LogP contribution is 2.31. The Morgan fingerprint density at radius 2 is 1.95 bits per heavy atom. The summed E-state index contributed by atoms with van der Waals surface area (Å²) in [4.78, 5) is 0. The van der Waals surface area contributed by atoms with Crippen molar-refractivity contribution >= 4 is 38.5 Å². The fraction of sp³-hybridized carbons (Fsp3) is 0.200. The van der Waals surface area contributed by atoms with Gasteiger partial charge in [0.1, 0.15) is 11.6 Å². The van der Waals surface area contributed by atoms with Crippen LogP contribution in [0.2, 0.25) is 0 Å². The third kappa shape index (κ3) is 3.32. The van der Waals surface area contributed by atoms with E-state index in [0.717, 1.165) is 13.6 Å². The lowest BCUT2D eigenvalue weighted by Gasteiger charge is -2.20. The highest BCUT2D eigenvalue weighted by Gasteiger charge is 2.19. The molecular weight excluding hydrogens is 436 g/mol. The lowest BCUT2D eigenvalue weighted by Crippen LogP contribution is -2.20. The minimum Gasteiger partial charge on any atom is -0.497 e. The van der Waals surface area contributed by atoms with Gasteiger partial charge in [-0.1, -0.05) is 22.0 Å². The van der Waals surface area contributed by atoms with E-state index >= 15 is 0 Å². The predicted molar refractivity (Wildman–Crippen MR) is 90.7 cm³/mol. The summed E-state index contributed by atoms with van der Waals surface area (Å²) in [6, 6.07) is 10.7. The molecule has 0 saturated heterocycles. The summed E-state index contributed by atoms with van der Waals surface area (Å²) in [5.74, 6) is 0.240. The molecule has 0 aliphatic carbocycles. The molecule has 0 aromatic heterocycles. The van der Waals surface area contributed by atoms with E-state index in [9.17, 15) is 4.39 Å². The van der Waals surface area contributed by atoms with E-state index in [1.807, 2.05) is 25.2 Å². The molecule has 0 radical (unpaired) electrons. The first-order valence-corrected chi connectivity index (χ1v) is 7.89. The fourth-order valence-corrected chi connectivity index (χ4v) is 3.11. The first kappa shape index (κ1) is 15.7. The van der Waals surface area contributed by atoms with Crippen molar-refractivity contribution in [2.75, 3.05) is 14.2 Å². The van der Waals surface area contributed by atoms with Crippen LogP contribution in [0.25, 0.3) is 0 Å². The lowest BCUT2D eigenvalue weighted by molar-refractivity contribution is 0.410. The number of nitrogens with one attached hydrogen (secondary N) is 1. The summed E-state index contributed by atoms with van der Waals surface area (Å²) >= 11 is 5.72. The Balaban J connectivity index is 2.49. The number of ether oxygens (including phenoxy) is 1. The fourth-order valence-electron chi connectivity index (χ4n) is 2.08. The van der Waals surface area contributed by atoms with E-state index in [0.29, 0.717) is 11.3 Å². The minimum atomic E-state index is -0.278. The molecule has 0 aliphatic heterocycles. The van der Waals surface area contributed by atoms with Crippen molar-refractivity contribution in [2.45, 2.75) is 6.04 Å². The van der Waals surface area contributed by atoms with Crippen LogP contribution >= 0.6 is 38.5 Å². The second kappa shape index (κ2) is 6.87. The molecule has 20 heavy (non-hydrogen) atoms.